The van der Waals surface area contributed by atoms with Gasteiger partial charge >= 0.3 is 6.03 Å². The first-order chi connectivity index (χ1) is 17.8. The van der Waals surface area contributed by atoms with E-state index in [9.17, 15) is 9.59 Å². The first-order valence-corrected chi connectivity index (χ1v) is 13.1. The van der Waals surface area contributed by atoms with Crippen LogP contribution >= 0.6 is 31.9 Å². The number of nitrogens with one attached hydrogen (secondary N) is 1. The van der Waals surface area contributed by atoms with Crippen LogP contribution in [0.2, 0.25) is 0 Å². The molecule has 0 aliphatic rings. The molecule has 1 unspecified atom stereocenters. The average molecular weight is 630 g/mol. The van der Waals surface area contributed by atoms with Gasteiger partial charge in [0.05, 0.1) is 47.0 Å². The van der Waals surface area contributed by atoms with Gasteiger partial charge in [0.15, 0.2) is 0 Å². The lowest BCUT2D eigenvalue weighted by atomic mass is 10.1. The fraction of sp³-hybridized carbons (Fsp3) is 0.222. The standard InChI is InChI=1S/C27H26Br2N4O4/c1-5-32(27(35)31-21-13-9-7-11-19(21)28)16(2)25-30-20-12-8-6-10-18(20)26(34)33(25)22-14-17(36-3)15-23(37-4)24(22)29/h6-16H,5H2,1-4H3,(H,31,35). The van der Waals surface area contributed by atoms with Gasteiger partial charge < -0.3 is 19.7 Å². The number of ether oxygens (including phenoxy) is 2. The van der Waals surface area contributed by atoms with E-state index in [1.165, 1.54) is 4.57 Å². The fourth-order valence-electron chi connectivity index (χ4n) is 4.13. The number of carbonyl (C=O) groups is 1. The second-order valence-electron chi connectivity index (χ2n) is 8.16. The summed E-state index contributed by atoms with van der Waals surface area (Å²) in [6.45, 7) is 4.11. The number of aromatic nitrogens is 2. The van der Waals surface area contributed by atoms with Crippen LogP contribution in [0.15, 0.2) is 74.4 Å². The van der Waals surface area contributed by atoms with Gasteiger partial charge in [0, 0.05) is 23.2 Å². The summed E-state index contributed by atoms with van der Waals surface area (Å²) in [6.07, 6.45) is 0. The lowest BCUT2D eigenvalue weighted by Crippen LogP contribution is -2.39. The van der Waals surface area contributed by atoms with Gasteiger partial charge in [-0.15, -0.1) is 0 Å². The summed E-state index contributed by atoms with van der Waals surface area (Å²) in [7, 11) is 3.08. The predicted octanol–water partition coefficient (Wildman–Crippen LogP) is 6.54. The number of benzene rings is 3. The van der Waals surface area contributed by atoms with Crippen molar-refractivity contribution in [1.29, 1.82) is 0 Å². The van der Waals surface area contributed by atoms with Crippen molar-refractivity contribution in [2.24, 2.45) is 0 Å². The number of halogens is 2. The molecule has 0 saturated carbocycles. The highest BCUT2D eigenvalue weighted by Gasteiger charge is 2.27. The molecule has 1 N–H and O–H groups in total. The van der Waals surface area contributed by atoms with Crippen LogP contribution in [0.1, 0.15) is 25.7 Å². The molecule has 192 valence electrons. The Hall–Kier alpha value is -3.37. The summed E-state index contributed by atoms with van der Waals surface area (Å²) in [5.74, 6) is 1.39. The lowest BCUT2D eigenvalue weighted by molar-refractivity contribution is 0.193. The third-order valence-electron chi connectivity index (χ3n) is 6.05. The van der Waals surface area contributed by atoms with Crippen LogP contribution in [-0.2, 0) is 0 Å². The molecule has 1 heterocycles. The number of fused-ring (bicyclic) bond motifs is 1. The zero-order chi connectivity index (χ0) is 26.7. The van der Waals surface area contributed by atoms with Crippen molar-refractivity contribution in [2.45, 2.75) is 19.9 Å². The maximum Gasteiger partial charge on any atom is 0.322 e. The van der Waals surface area contributed by atoms with E-state index >= 15 is 0 Å². The van der Waals surface area contributed by atoms with Crippen LogP contribution in [0.3, 0.4) is 0 Å². The molecule has 3 aromatic carbocycles. The number of para-hydroxylation sites is 2. The quantitative estimate of drug-likeness (QED) is 0.251. The highest BCUT2D eigenvalue weighted by Crippen LogP contribution is 2.37. The molecule has 0 aliphatic carbocycles. The maximum atomic E-state index is 13.9. The Morgan fingerprint density at radius 3 is 2.46 bits per heavy atom. The minimum absolute atomic E-state index is 0.272. The molecular formula is C27H26Br2N4O4. The Bertz CT molecular complexity index is 1520. The summed E-state index contributed by atoms with van der Waals surface area (Å²) in [5.41, 5.74) is 1.40. The molecule has 8 nitrogen and oxygen atoms in total. The third kappa shape index (κ3) is 5.21. The van der Waals surface area contributed by atoms with Crippen LogP contribution in [-0.4, -0.2) is 41.2 Å². The summed E-state index contributed by atoms with van der Waals surface area (Å²) >= 11 is 7.06. The summed E-state index contributed by atoms with van der Waals surface area (Å²) in [6, 6.07) is 17.1. The molecule has 4 aromatic rings. The molecule has 2 amide bonds. The minimum Gasteiger partial charge on any atom is -0.497 e. The molecule has 0 radical (unpaired) electrons. The third-order valence-corrected chi connectivity index (χ3v) is 7.54. The SMILES string of the molecule is CCN(C(=O)Nc1ccccc1Br)C(C)c1nc2ccccc2c(=O)n1-c1cc(OC)cc(OC)c1Br. The number of urea groups is 1. The lowest BCUT2D eigenvalue weighted by Gasteiger charge is -2.30. The number of nitrogens with zero attached hydrogens (tertiary/aromatic N) is 3. The van der Waals surface area contributed by atoms with E-state index in [2.05, 4.69) is 37.2 Å². The zero-order valence-corrected chi connectivity index (χ0v) is 24.0. The van der Waals surface area contributed by atoms with E-state index in [4.69, 9.17) is 14.5 Å². The van der Waals surface area contributed by atoms with Gasteiger partial charge in [0.2, 0.25) is 0 Å². The molecule has 0 aliphatic heterocycles. The van der Waals surface area contributed by atoms with E-state index in [0.29, 0.717) is 50.6 Å². The van der Waals surface area contributed by atoms with Crippen molar-refractivity contribution in [3.63, 3.8) is 0 Å². The molecule has 37 heavy (non-hydrogen) atoms. The molecule has 0 spiro atoms. The normalized spacial score (nSPS) is 11.7. The summed E-state index contributed by atoms with van der Waals surface area (Å²) in [5, 5.41) is 3.40. The van der Waals surface area contributed by atoms with Gasteiger partial charge in [0.1, 0.15) is 17.3 Å². The topological polar surface area (TPSA) is 85.7 Å². The van der Waals surface area contributed by atoms with Crippen molar-refractivity contribution in [3.8, 4) is 17.2 Å². The Kier molecular flexibility index (Phi) is 8.19. The number of carbonyl (C=O) groups excluding carboxylic acids is 1. The van der Waals surface area contributed by atoms with Gasteiger partial charge in [-0.2, -0.15) is 0 Å². The van der Waals surface area contributed by atoms with Gasteiger partial charge in [-0.1, -0.05) is 24.3 Å². The molecule has 0 fully saturated rings. The highest BCUT2D eigenvalue weighted by atomic mass is 79.9. The van der Waals surface area contributed by atoms with Crippen LogP contribution in [0.5, 0.6) is 11.5 Å². The Morgan fingerprint density at radius 1 is 1.08 bits per heavy atom. The second kappa shape index (κ2) is 11.4. The van der Waals surface area contributed by atoms with Crippen molar-refractivity contribution >= 4 is 54.5 Å². The molecule has 10 heteroatoms. The summed E-state index contributed by atoms with van der Waals surface area (Å²) < 4.78 is 13.8. The van der Waals surface area contributed by atoms with E-state index in [1.54, 1.807) is 49.5 Å². The number of anilines is 1. The molecule has 0 saturated heterocycles. The number of amides is 2. The first kappa shape index (κ1) is 26.7. The number of rotatable bonds is 7. The zero-order valence-electron chi connectivity index (χ0n) is 20.8. The summed E-state index contributed by atoms with van der Waals surface area (Å²) in [4.78, 5) is 33.8. The average Bonchev–Trinajstić information content (AvgIpc) is 2.90. The smallest absolute Gasteiger partial charge is 0.322 e. The van der Waals surface area contributed by atoms with E-state index in [-0.39, 0.29) is 11.6 Å². The molecule has 1 atom stereocenters. The second-order valence-corrected chi connectivity index (χ2v) is 9.81. The van der Waals surface area contributed by atoms with E-state index < -0.39 is 6.04 Å². The number of methoxy groups -OCH3 is 2. The number of hydrogen-bond acceptors (Lipinski definition) is 5. The van der Waals surface area contributed by atoms with Crippen LogP contribution < -0.4 is 20.3 Å². The number of hydrogen-bond donors (Lipinski definition) is 1. The van der Waals surface area contributed by atoms with Gasteiger partial charge in [-0.25, -0.2) is 9.78 Å². The fourth-order valence-corrected chi connectivity index (χ4v) is 5.08. The highest BCUT2D eigenvalue weighted by molar-refractivity contribution is 9.11. The minimum atomic E-state index is -0.575. The molecule has 1 aromatic heterocycles. The van der Waals surface area contributed by atoms with Crippen LogP contribution in [0, 0.1) is 0 Å². The maximum absolute atomic E-state index is 13.9. The van der Waals surface area contributed by atoms with Crippen molar-refractivity contribution in [1.82, 2.24) is 14.5 Å². The molecule has 4 rings (SSSR count). The predicted molar refractivity (Wildman–Crippen MR) is 152 cm³/mol. The van der Waals surface area contributed by atoms with Gasteiger partial charge in [-0.05, 0) is 70.0 Å². The van der Waals surface area contributed by atoms with Gasteiger partial charge in [0.25, 0.3) is 5.56 Å². The Balaban J connectivity index is 1.91. The largest absolute Gasteiger partial charge is 0.497 e. The first-order valence-electron chi connectivity index (χ1n) is 11.6. The monoisotopic (exact) mass is 628 g/mol. The van der Waals surface area contributed by atoms with E-state index in [1.807, 2.05) is 44.2 Å². The van der Waals surface area contributed by atoms with Crippen molar-refractivity contribution < 1.29 is 14.3 Å². The van der Waals surface area contributed by atoms with Crippen LogP contribution in [0.25, 0.3) is 16.6 Å². The molecular weight excluding hydrogens is 604 g/mol. The Labute approximate surface area is 231 Å². The Morgan fingerprint density at radius 2 is 1.78 bits per heavy atom. The van der Waals surface area contributed by atoms with Crippen molar-refractivity contribution in [3.05, 3.63) is 85.8 Å². The van der Waals surface area contributed by atoms with Crippen LogP contribution in [0.4, 0.5) is 10.5 Å². The van der Waals surface area contributed by atoms with E-state index in [0.717, 1.165) is 4.47 Å². The van der Waals surface area contributed by atoms with Crippen molar-refractivity contribution in [2.75, 3.05) is 26.1 Å². The van der Waals surface area contributed by atoms with Gasteiger partial charge in [-0.3, -0.25) is 9.36 Å². The molecule has 0 bridgehead atoms.